The van der Waals surface area contributed by atoms with Crippen LogP contribution in [0.2, 0.25) is 5.02 Å². The number of ether oxygens (including phenoxy) is 3. The van der Waals surface area contributed by atoms with Gasteiger partial charge in [0.2, 0.25) is 0 Å². The molecule has 0 aliphatic carbocycles. The number of urea groups is 1. The third-order valence-electron chi connectivity index (χ3n) is 4.81. The highest BCUT2D eigenvalue weighted by molar-refractivity contribution is 6.31. The van der Waals surface area contributed by atoms with Gasteiger partial charge in [-0.15, -0.1) is 0 Å². The molecule has 2 amide bonds. The van der Waals surface area contributed by atoms with Crippen molar-refractivity contribution in [3.63, 3.8) is 0 Å². The molecular weight excluding hydrogens is 471 g/mol. The predicted octanol–water partition coefficient (Wildman–Crippen LogP) is 3.79. The van der Waals surface area contributed by atoms with E-state index in [9.17, 15) is 23.9 Å². The lowest BCUT2D eigenvalue weighted by atomic mass is 10.00. The molecule has 0 heterocycles. The lowest BCUT2D eigenvalue weighted by molar-refractivity contribution is -0.141. The lowest BCUT2D eigenvalue weighted by Gasteiger charge is -2.30. The van der Waals surface area contributed by atoms with E-state index in [0.29, 0.717) is 17.1 Å². The number of aliphatic carboxylic acids is 1. The van der Waals surface area contributed by atoms with Crippen LogP contribution in [0, 0.1) is 5.82 Å². The Morgan fingerprint density at radius 2 is 1.82 bits per heavy atom. The number of nitrogens with zero attached hydrogens (tertiary/aromatic N) is 1. The molecule has 2 aromatic rings. The van der Waals surface area contributed by atoms with E-state index in [1.165, 1.54) is 14.0 Å². The Hall–Kier alpha value is -3.53. The third kappa shape index (κ3) is 7.51. The number of hydrogen-bond donors (Lipinski definition) is 2. The van der Waals surface area contributed by atoms with Crippen molar-refractivity contribution in [3.05, 3.63) is 58.4 Å². The summed E-state index contributed by atoms with van der Waals surface area (Å²) in [5, 5.41) is 11.7. The SMILES string of the molecule is CCOC(=O)CNC(=O)N(CC(=O)O)[C@@H](C)c1cc(F)cc(Cl)c1COc1ccc(OC)cc1. The van der Waals surface area contributed by atoms with Gasteiger partial charge in [0.15, 0.2) is 0 Å². The van der Waals surface area contributed by atoms with Gasteiger partial charge in [0.25, 0.3) is 0 Å². The zero-order valence-electron chi connectivity index (χ0n) is 19.0. The van der Waals surface area contributed by atoms with E-state index in [-0.39, 0.29) is 23.8 Å². The van der Waals surface area contributed by atoms with Crippen LogP contribution in [-0.2, 0) is 20.9 Å². The van der Waals surface area contributed by atoms with E-state index >= 15 is 0 Å². The summed E-state index contributed by atoms with van der Waals surface area (Å²) in [5.74, 6) is -1.51. The molecule has 11 heteroatoms. The number of nitrogens with one attached hydrogen (secondary N) is 1. The highest BCUT2D eigenvalue weighted by Gasteiger charge is 2.27. The molecule has 184 valence electrons. The maximum Gasteiger partial charge on any atom is 0.325 e. The van der Waals surface area contributed by atoms with Crippen LogP contribution in [0.4, 0.5) is 9.18 Å². The third-order valence-corrected chi connectivity index (χ3v) is 5.15. The van der Waals surface area contributed by atoms with Crippen LogP contribution >= 0.6 is 11.6 Å². The topological polar surface area (TPSA) is 114 Å². The molecule has 0 spiro atoms. The normalized spacial score (nSPS) is 11.3. The molecule has 0 saturated carbocycles. The van der Waals surface area contributed by atoms with Crippen LogP contribution in [0.1, 0.15) is 31.0 Å². The molecule has 0 radical (unpaired) electrons. The summed E-state index contributed by atoms with van der Waals surface area (Å²) in [7, 11) is 1.54. The van der Waals surface area contributed by atoms with Crippen LogP contribution in [0.25, 0.3) is 0 Å². The Morgan fingerprint density at radius 1 is 1.18 bits per heavy atom. The summed E-state index contributed by atoms with van der Waals surface area (Å²) in [6, 6.07) is 7.26. The van der Waals surface area contributed by atoms with E-state index in [2.05, 4.69) is 5.32 Å². The quantitative estimate of drug-likeness (QED) is 0.455. The number of esters is 1. The molecule has 0 aliphatic heterocycles. The van der Waals surface area contributed by atoms with Gasteiger partial charge in [0, 0.05) is 5.56 Å². The lowest BCUT2D eigenvalue weighted by Crippen LogP contribution is -2.46. The van der Waals surface area contributed by atoms with Gasteiger partial charge in [-0.05, 0) is 55.8 Å². The highest BCUT2D eigenvalue weighted by atomic mass is 35.5. The van der Waals surface area contributed by atoms with Gasteiger partial charge in [-0.25, -0.2) is 9.18 Å². The van der Waals surface area contributed by atoms with Crippen LogP contribution in [0.5, 0.6) is 11.5 Å². The second kappa shape index (κ2) is 12.6. The van der Waals surface area contributed by atoms with E-state index in [1.54, 1.807) is 31.2 Å². The van der Waals surface area contributed by atoms with E-state index in [0.717, 1.165) is 17.0 Å². The minimum atomic E-state index is -1.29. The Labute approximate surface area is 201 Å². The summed E-state index contributed by atoms with van der Waals surface area (Å²) in [5.41, 5.74) is 0.631. The summed E-state index contributed by atoms with van der Waals surface area (Å²) in [4.78, 5) is 36.6. The zero-order chi connectivity index (χ0) is 25.3. The molecule has 2 rings (SSSR count). The number of carbonyl (C=O) groups excluding carboxylic acids is 2. The van der Waals surface area contributed by atoms with Crippen molar-refractivity contribution < 1.29 is 38.1 Å². The second-order valence-electron chi connectivity index (χ2n) is 7.08. The fraction of sp³-hybridized carbons (Fsp3) is 0.348. The van der Waals surface area contributed by atoms with E-state index in [4.69, 9.17) is 25.8 Å². The van der Waals surface area contributed by atoms with Gasteiger partial charge in [0.05, 0.1) is 24.8 Å². The minimum Gasteiger partial charge on any atom is -0.497 e. The molecule has 0 aliphatic rings. The number of carboxylic acid groups (broad SMARTS) is 1. The van der Waals surface area contributed by atoms with Crippen molar-refractivity contribution in [1.29, 1.82) is 0 Å². The molecule has 0 unspecified atom stereocenters. The smallest absolute Gasteiger partial charge is 0.325 e. The standard InChI is InChI=1S/C23H26ClFN2O7/c1-4-33-22(30)11-26-23(31)27(12-21(28)29)14(2)18-9-15(25)10-20(24)19(18)13-34-17-7-5-16(32-3)6-8-17/h5-10,14H,4,11-13H2,1-3H3,(H,26,31)(H,28,29)/t14-/m0/s1. The zero-order valence-corrected chi connectivity index (χ0v) is 19.7. The van der Waals surface area contributed by atoms with Crippen LogP contribution in [0.15, 0.2) is 36.4 Å². The van der Waals surface area contributed by atoms with Crippen molar-refractivity contribution >= 4 is 29.6 Å². The predicted molar refractivity (Wildman–Crippen MR) is 122 cm³/mol. The maximum atomic E-state index is 14.2. The number of carboxylic acids is 1. The molecule has 0 bridgehead atoms. The number of hydrogen-bond acceptors (Lipinski definition) is 6. The molecule has 1 atom stereocenters. The molecule has 2 aromatic carbocycles. The second-order valence-corrected chi connectivity index (χ2v) is 7.49. The Balaban J connectivity index is 2.30. The van der Waals surface area contributed by atoms with Crippen molar-refractivity contribution in [3.8, 4) is 11.5 Å². The monoisotopic (exact) mass is 496 g/mol. The summed E-state index contributed by atoms with van der Waals surface area (Å²) in [6.07, 6.45) is 0. The Morgan fingerprint density at radius 3 is 2.41 bits per heavy atom. The first-order valence-corrected chi connectivity index (χ1v) is 10.7. The first-order chi connectivity index (χ1) is 16.2. The van der Waals surface area contributed by atoms with Crippen LogP contribution in [0.3, 0.4) is 0 Å². The van der Waals surface area contributed by atoms with Gasteiger partial charge >= 0.3 is 18.0 Å². The molecular formula is C23H26ClFN2O7. The van der Waals surface area contributed by atoms with Gasteiger partial charge in [0.1, 0.15) is 37.0 Å². The van der Waals surface area contributed by atoms with Gasteiger partial charge < -0.3 is 29.5 Å². The first-order valence-electron chi connectivity index (χ1n) is 10.3. The van der Waals surface area contributed by atoms with Gasteiger partial charge in [-0.1, -0.05) is 11.6 Å². The summed E-state index contributed by atoms with van der Waals surface area (Å²) < 4.78 is 29.9. The van der Waals surface area contributed by atoms with Crippen molar-refractivity contribution in [2.75, 3.05) is 26.8 Å². The molecule has 34 heavy (non-hydrogen) atoms. The first kappa shape index (κ1) is 26.7. The maximum absolute atomic E-state index is 14.2. The number of carbonyl (C=O) groups is 3. The largest absolute Gasteiger partial charge is 0.497 e. The molecule has 0 saturated heterocycles. The molecule has 0 aromatic heterocycles. The van der Waals surface area contributed by atoms with Crippen molar-refractivity contribution in [2.24, 2.45) is 0 Å². The summed E-state index contributed by atoms with van der Waals surface area (Å²) in [6.45, 7) is 2.03. The molecule has 2 N–H and O–H groups in total. The molecule has 9 nitrogen and oxygen atoms in total. The number of benzene rings is 2. The fourth-order valence-corrected chi connectivity index (χ4v) is 3.40. The van der Waals surface area contributed by atoms with Gasteiger partial charge in [-0.2, -0.15) is 0 Å². The van der Waals surface area contributed by atoms with Crippen LogP contribution in [-0.4, -0.2) is 54.8 Å². The fourth-order valence-electron chi connectivity index (χ4n) is 3.14. The van der Waals surface area contributed by atoms with Crippen LogP contribution < -0.4 is 14.8 Å². The van der Waals surface area contributed by atoms with E-state index < -0.39 is 42.9 Å². The Bertz CT molecular complexity index is 1020. The van der Waals surface area contributed by atoms with Gasteiger partial charge in [-0.3, -0.25) is 9.59 Å². The number of rotatable bonds is 11. The van der Waals surface area contributed by atoms with Crippen molar-refractivity contribution in [1.82, 2.24) is 10.2 Å². The minimum absolute atomic E-state index is 0.0533. The van der Waals surface area contributed by atoms with Crippen molar-refractivity contribution in [2.45, 2.75) is 26.5 Å². The average Bonchev–Trinajstić information content (AvgIpc) is 2.80. The number of amides is 2. The molecule has 0 fully saturated rings. The Kier molecular flexibility index (Phi) is 9.93. The number of halogens is 2. The highest BCUT2D eigenvalue weighted by Crippen LogP contribution is 2.31. The average molecular weight is 497 g/mol. The van der Waals surface area contributed by atoms with E-state index in [1.807, 2.05) is 0 Å². The number of methoxy groups -OCH3 is 1. The summed E-state index contributed by atoms with van der Waals surface area (Å²) >= 11 is 6.28.